The van der Waals surface area contributed by atoms with Crippen molar-refractivity contribution in [1.29, 1.82) is 0 Å². The molecule has 16 heavy (non-hydrogen) atoms. The minimum atomic E-state index is 0. The zero-order chi connectivity index (χ0) is 10.7. The summed E-state index contributed by atoms with van der Waals surface area (Å²) < 4.78 is 0. The minimum absolute atomic E-state index is 0. The number of nitrogens with zero attached hydrogens (tertiary/aromatic N) is 1. The van der Waals surface area contributed by atoms with Crippen molar-refractivity contribution in [3.63, 3.8) is 0 Å². The lowest BCUT2D eigenvalue weighted by atomic mass is 10.2. The molecule has 0 saturated carbocycles. The third kappa shape index (κ3) is 3.34. The van der Waals surface area contributed by atoms with Crippen LogP contribution in [0.4, 0.5) is 0 Å². The Kier molecular flexibility index (Phi) is 6.08. The van der Waals surface area contributed by atoms with Crippen molar-refractivity contribution in [1.82, 2.24) is 10.2 Å². The Bertz CT molecular complexity index is 317. The van der Waals surface area contributed by atoms with Crippen molar-refractivity contribution < 1.29 is 0 Å². The fourth-order valence-electron chi connectivity index (χ4n) is 2.19. The topological polar surface area (TPSA) is 15.3 Å². The van der Waals surface area contributed by atoms with Crippen molar-refractivity contribution >= 4 is 35.3 Å². The predicted molar refractivity (Wildman–Crippen MR) is 73.9 cm³/mol. The first-order chi connectivity index (χ1) is 7.31. The molecule has 0 aliphatic carbocycles. The zero-order valence-electron chi connectivity index (χ0n) is 9.41. The molecule has 2 heterocycles. The van der Waals surface area contributed by atoms with Gasteiger partial charge in [0.25, 0.3) is 0 Å². The molecule has 0 spiro atoms. The van der Waals surface area contributed by atoms with E-state index in [4.69, 9.17) is 11.6 Å². The van der Waals surface area contributed by atoms with E-state index in [2.05, 4.69) is 15.6 Å². The van der Waals surface area contributed by atoms with E-state index in [9.17, 15) is 0 Å². The highest BCUT2D eigenvalue weighted by Crippen LogP contribution is 2.27. The SMILES string of the molecule is CNCC1CCCN1Cc1sccc1Cl.Cl. The highest BCUT2D eigenvalue weighted by Gasteiger charge is 2.24. The van der Waals surface area contributed by atoms with Gasteiger partial charge in [-0.05, 0) is 37.9 Å². The standard InChI is InChI=1S/C11H17ClN2S.ClH/c1-13-7-9-3-2-5-14(9)8-11-10(12)4-6-15-11;/h4,6,9,13H,2-3,5,7-8H2,1H3;1H. The maximum Gasteiger partial charge on any atom is 0.0558 e. The van der Waals surface area contributed by atoms with Crippen LogP contribution < -0.4 is 5.32 Å². The number of thiophene rings is 1. The van der Waals surface area contributed by atoms with E-state index < -0.39 is 0 Å². The molecule has 1 atom stereocenters. The van der Waals surface area contributed by atoms with Gasteiger partial charge in [-0.25, -0.2) is 0 Å². The average Bonchev–Trinajstić information content (AvgIpc) is 2.80. The van der Waals surface area contributed by atoms with E-state index >= 15 is 0 Å². The lowest BCUT2D eigenvalue weighted by Gasteiger charge is -2.23. The molecule has 5 heteroatoms. The van der Waals surface area contributed by atoms with Gasteiger partial charge in [0, 0.05) is 24.0 Å². The molecule has 1 aromatic rings. The van der Waals surface area contributed by atoms with E-state index in [0.29, 0.717) is 6.04 Å². The quantitative estimate of drug-likeness (QED) is 0.912. The molecule has 1 N–H and O–H groups in total. The molecule has 0 amide bonds. The molecule has 1 aliphatic heterocycles. The number of likely N-dealkylation sites (N-methyl/N-ethyl adjacent to an activating group) is 1. The van der Waals surface area contributed by atoms with Gasteiger partial charge in [-0.15, -0.1) is 23.7 Å². The summed E-state index contributed by atoms with van der Waals surface area (Å²) in [5, 5.41) is 6.26. The third-order valence-corrected chi connectivity index (χ3v) is 4.35. The van der Waals surface area contributed by atoms with Crippen LogP contribution in [0.5, 0.6) is 0 Å². The monoisotopic (exact) mass is 280 g/mol. The molecule has 92 valence electrons. The molecule has 1 saturated heterocycles. The van der Waals surface area contributed by atoms with Gasteiger partial charge in [0.2, 0.25) is 0 Å². The molecule has 1 unspecified atom stereocenters. The van der Waals surface area contributed by atoms with E-state index in [1.165, 1.54) is 24.3 Å². The van der Waals surface area contributed by atoms with Crippen LogP contribution in [0.3, 0.4) is 0 Å². The minimum Gasteiger partial charge on any atom is -0.318 e. The highest BCUT2D eigenvalue weighted by atomic mass is 35.5. The molecule has 2 rings (SSSR count). The maximum atomic E-state index is 6.11. The number of hydrogen-bond donors (Lipinski definition) is 1. The van der Waals surface area contributed by atoms with Gasteiger partial charge in [-0.1, -0.05) is 11.6 Å². The van der Waals surface area contributed by atoms with Crippen molar-refractivity contribution in [2.45, 2.75) is 25.4 Å². The fraction of sp³-hybridized carbons (Fsp3) is 0.636. The van der Waals surface area contributed by atoms with Crippen LogP contribution in [0.25, 0.3) is 0 Å². The van der Waals surface area contributed by atoms with Crippen LogP contribution in [0, 0.1) is 0 Å². The van der Waals surface area contributed by atoms with Crippen molar-refractivity contribution in [3.05, 3.63) is 21.3 Å². The third-order valence-electron chi connectivity index (χ3n) is 2.98. The summed E-state index contributed by atoms with van der Waals surface area (Å²) in [5.41, 5.74) is 0. The molecular weight excluding hydrogens is 263 g/mol. The maximum absolute atomic E-state index is 6.11. The van der Waals surface area contributed by atoms with E-state index in [-0.39, 0.29) is 12.4 Å². The second kappa shape index (κ2) is 6.82. The summed E-state index contributed by atoms with van der Waals surface area (Å²) >= 11 is 7.87. The second-order valence-corrected chi connectivity index (χ2v) is 5.42. The average molecular weight is 281 g/mol. The first kappa shape index (κ1) is 14.3. The molecule has 0 aromatic carbocycles. The molecule has 1 fully saturated rings. The van der Waals surface area contributed by atoms with Crippen LogP contribution in [-0.2, 0) is 6.54 Å². The van der Waals surface area contributed by atoms with Crippen LogP contribution in [0.1, 0.15) is 17.7 Å². The Morgan fingerprint density at radius 1 is 1.62 bits per heavy atom. The summed E-state index contributed by atoms with van der Waals surface area (Å²) in [4.78, 5) is 3.84. The Morgan fingerprint density at radius 2 is 2.44 bits per heavy atom. The Labute approximate surface area is 112 Å². The van der Waals surface area contributed by atoms with Gasteiger partial charge in [0.05, 0.1) is 5.02 Å². The first-order valence-corrected chi connectivity index (χ1v) is 6.67. The van der Waals surface area contributed by atoms with Gasteiger partial charge in [0.1, 0.15) is 0 Å². The summed E-state index contributed by atoms with van der Waals surface area (Å²) in [6.45, 7) is 3.31. The van der Waals surface area contributed by atoms with Crippen molar-refractivity contribution in [3.8, 4) is 0 Å². The molecular formula is C11H18Cl2N2S. The number of hydrogen-bond acceptors (Lipinski definition) is 3. The summed E-state index contributed by atoms with van der Waals surface area (Å²) in [7, 11) is 2.02. The van der Waals surface area contributed by atoms with Gasteiger partial charge in [0.15, 0.2) is 0 Å². The van der Waals surface area contributed by atoms with Crippen LogP contribution >= 0.6 is 35.3 Å². The number of halogens is 2. The lowest BCUT2D eigenvalue weighted by molar-refractivity contribution is 0.244. The summed E-state index contributed by atoms with van der Waals surface area (Å²) in [6.07, 6.45) is 2.62. The Balaban J connectivity index is 0.00000128. The number of likely N-dealkylation sites (tertiary alicyclic amines) is 1. The van der Waals surface area contributed by atoms with Crippen molar-refractivity contribution in [2.24, 2.45) is 0 Å². The molecule has 0 bridgehead atoms. The van der Waals surface area contributed by atoms with Crippen molar-refractivity contribution in [2.75, 3.05) is 20.1 Å². The summed E-state index contributed by atoms with van der Waals surface area (Å²) in [5.74, 6) is 0. The zero-order valence-corrected chi connectivity index (χ0v) is 11.8. The van der Waals surface area contributed by atoms with E-state index in [1.54, 1.807) is 11.3 Å². The van der Waals surface area contributed by atoms with E-state index in [1.807, 2.05) is 13.1 Å². The van der Waals surface area contributed by atoms with E-state index in [0.717, 1.165) is 18.1 Å². The molecule has 0 radical (unpaired) electrons. The van der Waals surface area contributed by atoms with Crippen LogP contribution in [-0.4, -0.2) is 31.1 Å². The molecule has 2 nitrogen and oxygen atoms in total. The Hall–Kier alpha value is 0.200. The van der Waals surface area contributed by atoms with Gasteiger partial charge in [-0.3, -0.25) is 4.90 Å². The van der Waals surface area contributed by atoms with Gasteiger partial charge >= 0.3 is 0 Å². The largest absolute Gasteiger partial charge is 0.318 e. The van der Waals surface area contributed by atoms with Gasteiger partial charge in [-0.2, -0.15) is 0 Å². The predicted octanol–water partition coefficient (Wildman–Crippen LogP) is 3.01. The Morgan fingerprint density at radius 3 is 3.06 bits per heavy atom. The van der Waals surface area contributed by atoms with Crippen LogP contribution in [0.2, 0.25) is 5.02 Å². The number of nitrogens with one attached hydrogen (secondary N) is 1. The molecule has 1 aliphatic rings. The molecule has 1 aromatic heterocycles. The van der Waals surface area contributed by atoms with Gasteiger partial charge < -0.3 is 5.32 Å². The normalized spacial score (nSPS) is 21.0. The summed E-state index contributed by atoms with van der Waals surface area (Å²) in [6, 6.07) is 2.68. The first-order valence-electron chi connectivity index (χ1n) is 5.42. The van der Waals surface area contributed by atoms with Crippen LogP contribution in [0.15, 0.2) is 11.4 Å². The lowest BCUT2D eigenvalue weighted by Crippen LogP contribution is -2.36. The fourth-order valence-corrected chi connectivity index (χ4v) is 3.31. The second-order valence-electron chi connectivity index (χ2n) is 4.02. The highest BCUT2D eigenvalue weighted by molar-refractivity contribution is 7.10. The number of rotatable bonds is 4. The smallest absolute Gasteiger partial charge is 0.0558 e.